The first kappa shape index (κ1) is 20.3. The Morgan fingerprint density at radius 1 is 0.455 bits per heavy atom. The molecule has 2 heterocycles. The van der Waals surface area contributed by atoms with Crippen molar-refractivity contribution in [3.63, 3.8) is 0 Å². The molecule has 0 unspecified atom stereocenters. The number of rotatable bonds is 2. The lowest BCUT2D eigenvalue weighted by Crippen LogP contribution is -2.03. The van der Waals surface area contributed by atoms with E-state index in [0.717, 1.165) is 21.2 Å². The fourth-order valence-corrected chi connectivity index (χ4v) is 6.76. The van der Waals surface area contributed by atoms with Crippen molar-refractivity contribution in [2.24, 2.45) is 0 Å². The molecule has 6 aromatic rings. The summed E-state index contributed by atoms with van der Waals surface area (Å²) in [6, 6.07) is 20.3. The first-order chi connectivity index (χ1) is 15.9. The van der Waals surface area contributed by atoms with Gasteiger partial charge in [0.05, 0.1) is 15.0 Å². The molecule has 33 heavy (non-hydrogen) atoms. The van der Waals surface area contributed by atoms with Crippen LogP contribution in [0.2, 0.25) is 0 Å². The zero-order valence-corrected chi connectivity index (χ0v) is 18.2. The molecule has 0 spiro atoms. The highest BCUT2D eigenvalue weighted by Crippen LogP contribution is 2.45. The summed E-state index contributed by atoms with van der Waals surface area (Å²) in [5, 5.41) is 2.39. The molecule has 6 rings (SSSR count). The van der Waals surface area contributed by atoms with Gasteiger partial charge in [0, 0.05) is 20.2 Å². The minimum Gasteiger partial charge on any atom is -0.203 e. The third kappa shape index (κ3) is 2.99. The number of thiophene rings is 2. The number of hydrogen-bond acceptors (Lipinski definition) is 2. The van der Waals surface area contributed by atoms with Crippen molar-refractivity contribution in [2.75, 3.05) is 0 Å². The standard InChI is InChI=1S/C26H11F5S2/c27-20-19(21(28)23(30)24(31)22(20)29)13-7-5-12(6-8-13)14-9-10-16-18(11-14)33-25-15-3-1-2-4-17(15)32-26(16)25/h1-11H. The summed E-state index contributed by atoms with van der Waals surface area (Å²) in [6.45, 7) is 0. The minimum absolute atomic E-state index is 0.0873. The Labute approximate surface area is 192 Å². The van der Waals surface area contributed by atoms with Gasteiger partial charge < -0.3 is 0 Å². The first-order valence-electron chi connectivity index (χ1n) is 9.90. The van der Waals surface area contributed by atoms with Crippen LogP contribution in [0.25, 0.3) is 51.8 Å². The van der Waals surface area contributed by atoms with Gasteiger partial charge in [0.2, 0.25) is 5.82 Å². The monoisotopic (exact) mass is 482 g/mol. The summed E-state index contributed by atoms with van der Waals surface area (Å²) in [4.78, 5) is 0. The second-order valence-electron chi connectivity index (χ2n) is 7.59. The third-order valence-electron chi connectivity index (χ3n) is 5.70. The van der Waals surface area contributed by atoms with E-state index in [-0.39, 0.29) is 5.56 Å². The van der Waals surface area contributed by atoms with Crippen LogP contribution in [0, 0.1) is 29.1 Å². The van der Waals surface area contributed by atoms with Crippen molar-refractivity contribution >= 4 is 52.2 Å². The Morgan fingerprint density at radius 2 is 0.970 bits per heavy atom. The van der Waals surface area contributed by atoms with Crippen molar-refractivity contribution in [3.05, 3.63) is 95.8 Å². The highest BCUT2D eigenvalue weighted by molar-refractivity contribution is 7.36. The summed E-state index contributed by atoms with van der Waals surface area (Å²) in [6.07, 6.45) is 0. The maximum Gasteiger partial charge on any atom is 0.200 e. The van der Waals surface area contributed by atoms with E-state index in [9.17, 15) is 22.0 Å². The Morgan fingerprint density at radius 3 is 1.67 bits per heavy atom. The quantitative estimate of drug-likeness (QED) is 0.131. The van der Waals surface area contributed by atoms with Crippen LogP contribution in [-0.2, 0) is 0 Å². The van der Waals surface area contributed by atoms with Crippen molar-refractivity contribution < 1.29 is 22.0 Å². The van der Waals surface area contributed by atoms with Crippen LogP contribution >= 0.6 is 22.7 Å². The summed E-state index contributed by atoms with van der Waals surface area (Å²) in [5.74, 6) is -9.76. The fraction of sp³-hybridized carbons (Fsp3) is 0. The zero-order valence-electron chi connectivity index (χ0n) is 16.6. The average Bonchev–Trinajstić information content (AvgIpc) is 3.38. The maximum atomic E-state index is 14.1. The van der Waals surface area contributed by atoms with Crippen molar-refractivity contribution in [2.45, 2.75) is 0 Å². The molecule has 0 nitrogen and oxygen atoms in total. The Bertz CT molecular complexity index is 1680. The van der Waals surface area contributed by atoms with E-state index in [1.807, 2.05) is 18.2 Å². The molecule has 0 aliphatic heterocycles. The average molecular weight is 482 g/mol. The van der Waals surface area contributed by atoms with Crippen LogP contribution in [0.3, 0.4) is 0 Å². The molecule has 0 saturated heterocycles. The number of halogens is 5. The number of benzene rings is 4. The molecule has 0 atom stereocenters. The molecule has 0 aliphatic carbocycles. The van der Waals surface area contributed by atoms with E-state index >= 15 is 0 Å². The summed E-state index contributed by atoms with van der Waals surface area (Å²) in [5.41, 5.74) is 0.644. The van der Waals surface area contributed by atoms with E-state index in [1.165, 1.54) is 31.6 Å². The largest absolute Gasteiger partial charge is 0.203 e. The van der Waals surface area contributed by atoms with Gasteiger partial charge in [-0.15, -0.1) is 22.7 Å². The van der Waals surface area contributed by atoms with Gasteiger partial charge in [-0.2, -0.15) is 0 Å². The van der Waals surface area contributed by atoms with E-state index in [4.69, 9.17) is 0 Å². The highest BCUT2D eigenvalue weighted by atomic mass is 32.1. The topological polar surface area (TPSA) is 0 Å². The van der Waals surface area contributed by atoms with Crippen LogP contribution in [0.5, 0.6) is 0 Å². The molecule has 0 N–H and O–H groups in total. The van der Waals surface area contributed by atoms with Crippen LogP contribution in [0.1, 0.15) is 0 Å². The zero-order chi connectivity index (χ0) is 22.9. The minimum atomic E-state index is -2.16. The fourth-order valence-electron chi connectivity index (χ4n) is 4.07. The first-order valence-corrected chi connectivity index (χ1v) is 11.5. The van der Waals surface area contributed by atoms with Gasteiger partial charge in [-0.3, -0.25) is 0 Å². The predicted molar refractivity (Wildman–Crippen MR) is 125 cm³/mol. The maximum absolute atomic E-state index is 14.1. The summed E-state index contributed by atoms with van der Waals surface area (Å²) in [7, 11) is 0. The van der Waals surface area contributed by atoms with Gasteiger partial charge in [0.15, 0.2) is 23.3 Å². The lowest BCUT2D eigenvalue weighted by atomic mass is 9.99. The van der Waals surface area contributed by atoms with Crippen molar-refractivity contribution in [1.29, 1.82) is 0 Å². The SMILES string of the molecule is Fc1c(F)c(F)c(-c2ccc(-c3ccc4c(c3)sc3c5ccccc5sc43)cc2)c(F)c1F. The van der Waals surface area contributed by atoms with Gasteiger partial charge in [-0.1, -0.05) is 54.6 Å². The molecule has 0 aliphatic rings. The number of hydrogen-bond donors (Lipinski definition) is 0. The third-order valence-corrected chi connectivity index (χ3v) is 8.22. The van der Waals surface area contributed by atoms with E-state index in [2.05, 4.69) is 24.3 Å². The number of fused-ring (bicyclic) bond motifs is 5. The predicted octanol–water partition coefficient (Wildman–Crippen LogP) is 9.30. The molecule has 0 amide bonds. The van der Waals surface area contributed by atoms with E-state index in [1.54, 1.807) is 34.8 Å². The Kier molecular flexibility index (Phi) is 4.54. The van der Waals surface area contributed by atoms with Gasteiger partial charge in [0.25, 0.3) is 0 Å². The summed E-state index contributed by atoms with van der Waals surface area (Å²) >= 11 is 3.46. The molecule has 0 bridgehead atoms. The summed E-state index contributed by atoms with van der Waals surface area (Å²) < 4.78 is 73.6. The van der Waals surface area contributed by atoms with Crippen LogP contribution < -0.4 is 0 Å². The molecule has 4 aromatic carbocycles. The van der Waals surface area contributed by atoms with Gasteiger partial charge >= 0.3 is 0 Å². The van der Waals surface area contributed by atoms with Crippen LogP contribution in [0.4, 0.5) is 22.0 Å². The lowest BCUT2D eigenvalue weighted by molar-refractivity contribution is 0.381. The second-order valence-corrected chi connectivity index (χ2v) is 9.70. The van der Waals surface area contributed by atoms with Gasteiger partial charge in [-0.05, 0) is 28.8 Å². The molecule has 7 heteroatoms. The molecule has 162 valence electrons. The van der Waals surface area contributed by atoms with Crippen LogP contribution in [0.15, 0.2) is 66.7 Å². The Balaban J connectivity index is 1.43. The van der Waals surface area contributed by atoms with E-state index in [0.29, 0.717) is 0 Å². The van der Waals surface area contributed by atoms with E-state index < -0.39 is 34.6 Å². The van der Waals surface area contributed by atoms with Crippen LogP contribution in [-0.4, -0.2) is 0 Å². The molecule has 0 radical (unpaired) electrons. The lowest BCUT2D eigenvalue weighted by Gasteiger charge is -2.09. The molecule has 0 fully saturated rings. The van der Waals surface area contributed by atoms with Crippen molar-refractivity contribution in [1.82, 2.24) is 0 Å². The van der Waals surface area contributed by atoms with Gasteiger partial charge in [0.1, 0.15) is 0 Å². The molecular weight excluding hydrogens is 471 g/mol. The highest BCUT2D eigenvalue weighted by Gasteiger charge is 2.26. The Hall–Kier alpha value is -3.29. The van der Waals surface area contributed by atoms with Crippen molar-refractivity contribution in [3.8, 4) is 22.3 Å². The smallest absolute Gasteiger partial charge is 0.200 e. The normalized spacial score (nSPS) is 11.8. The van der Waals surface area contributed by atoms with Gasteiger partial charge in [-0.25, -0.2) is 22.0 Å². The molecular formula is C26H11F5S2. The molecule has 2 aromatic heterocycles. The second kappa shape index (κ2) is 7.37. The molecule has 0 saturated carbocycles.